The van der Waals surface area contributed by atoms with Crippen LogP contribution in [0.1, 0.15) is 30.0 Å². The lowest BCUT2D eigenvalue weighted by Crippen LogP contribution is -2.19. The van der Waals surface area contributed by atoms with E-state index in [9.17, 15) is 30.7 Å². The van der Waals surface area contributed by atoms with E-state index in [2.05, 4.69) is 4.74 Å². The maximum Gasteiger partial charge on any atom is 0.573 e. The van der Waals surface area contributed by atoms with Gasteiger partial charge in [-0.25, -0.2) is 17.6 Å². The second kappa shape index (κ2) is 7.33. The zero-order valence-electron chi connectivity index (χ0n) is 13.0. The van der Waals surface area contributed by atoms with Crippen molar-refractivity contribution in [3.05, 3.63) is 64.2 Å². The van der Waals surface area contributed by atoms with Crippen LogP contribution in [0.2, 0.25) is 0 Å². The Morgan fingerprint density at radius 1 is 0.800 bits per heavy atom. The van der Waals surface area contributed by atoms with Crippen molar-refractivity contribution in [1.29, 1.82) is 0 Å². The molecule has 0 saturated heterocycles. The van der Waals surface area contributed by atoms with Crippen LogP contribution in [0.3, 0.4) is 0 Å². The summed E-state index contributed by atoms with van der Waals surface area (Å²) in [5.74, 6) is -6.62. The van der Waals surface area contributed by atoms with E-state index < -0.39 is 47.4 Å². The van der Waals surface area contributed by atoms with Gasteiger partial charge in [0.05, 0.1) is 0 Å². The largest absolute Gasteiger partial charge is 0.573 e. The van der Waals surface area contributed by atoms with Crippen LogP contribution >= 0.6 is 0 Å². The molecule has 0 heterocycles. The number of hydrogen-bond acceptors (Lipinski definition) is 1. The van der Waals surface area contributed by atoms with Crippen molar-refractivity contribution in [3.63, 3.8) is 0 Å². The molecule has 136 valence electrons. The normalized spacial score (nSPS) is 11.7. The first kappa shape index (κ1) is 19.1. The first-order chi connectivity index (χ1) is 11.6. The van der Waals surface area contributed by atoms with E-state index in [0.717, 1.165) is 12.1 Å². The molecule has 0 aliphatic carbocycles. The molecule has 0 fully saturated rings. The van der Waals surface area contributed by atoms with E-state index in [-0.39, 0.29) is 5.56 Å². The van der Waals surface area contributed by atoms with Gasteiger partial charge >= 0.3 is 6.36 Å². The molecular formula is C17H13F7O. The average molecular weight is 366 g/mol. The maximum absolute atomic E-state index is 14.0. The van der Waals surface area contributed by atoms with Crippen molar-refractivity contribution in [2.45, 2.75) is 32.5 Å². The number of alkyl halides is 3. The quantitative estimate of drug-likeness (QED) is 0.618. The summed E-state index contributed by atoms with van der Waals surface area (Å²) in [5, 5.41) is 0. The highest BCUT2D eigenvalue weighted by molar-refractivity contribution is 5.36. The number of hydrogen-bond donors (Lipinski definition) is 0. The van der Waals surface area contributed by atoms with E-state index in [4.69, 9.17) is 0 Å². The van der Waals surface area contributed by atoms with Gasteiger partial charge in [-0.15, -0.1) is 13.2 Å². The van der Waals surface area contributed by atoms with Crippen LogP contribution in [0.15, 0.2) is 24.3 Å². The summed E-state index contributed by atoms with van der Waals surface area (Å²) in [6.07, 6.45) is -4.66. The van der Waals surface area contributed by atoms with Crippen molar-refractivity contribution in [3.8, 4) is 5.75 Å². The summed E-state index contributed by atoms with van der Waals surface area (Å²) in [6, 6.07) is 3.33. The van der Waals surface area contributed by atoms with Crippen molar-refractivity contribution in [2.75, 3.05) is 0 Å². The van der Waals surface area contributed by atoms with E-state index in [0.29, 0.717) is 30.5 Å². The van der Waals surface area contributed by atoms with Crippen LogP contribution in [0.4, 0.5) is 30.7 Å². The Hall–Kier alpha value is -2.25. The summed E-state index contributed by atoms with van der Waals surface area (Å²) >= 11 is 0. The fraction of sp³-hybridized carbons (Fsp3) is 0.294. The zero-order chi connectivity index (χ0) is 18.8. The predicted octanol–water partition coefficient (Wildman–Crippen LogP) is 5.68. The van der Waals surface area contributed by atoms with Gasteiger partial charge in [0.25, 0.3) is 0 Å². The summed E-state index contributed by atoms with van der Waals surface area (Å²) in [7, 11) is 0. The zero-order valence-corrected chi connectivity index (χ0v) is 13.0. The van der Waals surface area contributed by atoms with E-state index in [1.165, 1.54) is 0 Å². The molecule has 0 aromatic heterocycles. The van der Waals surface area contributed by atoms with Gasteiger partial charge in [-0.3, -0.25) is 0 Å². The molecule has 0 bridgehead atoms. The number of benzene rings is 2. The molecule has 0 saturated carbocycles. The van der Waals surface area contributed by atoms with Crippen molar-refractivity contribution in [1.82, 2.24) is 0 Å². The van der Waals surface area contributed by atoms with Gasteiger partial charge in [-0.2, -0.15) is 0 Å². The Morgan fingerprint density at radius 2 is 1.28 bits per heavy atom. The Morgan fingerprint density at radius 3 is 1.72 bits per heavy atom. The number of aryl methyl sites for hydroxylation is 1. The number of rotatable bonds is 5. The molecule has 0 N–H and O–H groups in total. The van der Waals surface area contributed by atoms with Crippen LogP contribution in [-0.2, 0) is 12.8 Å². The highest BCUT2D eigenvalue weighted by Crippen LogP contribution is 2.30. The lowest BCUT2D eigenvalue weighted by molar-refractivity contribution is -0.276. The molecule has 25 heavy (non-hydrogen) atoms. The standard InChI is InChI=1S/C17H13F7O/c1-2-3-9-5-12(18)11(13(19)6-9)4-10-7-14(20)16(15(21)8-10)25-17(22,23)24/h5-8H,2-4H2,1H3. The lowest BCUT2D eigenvalue weighted by atomic mass is 10.00. The van der Waals surface area contributed by atoms with Gasteiger partial charge in [-0.1, -0.05) is 13.3 Å². The second-order valence-corrected chi connectivity index (χ2v) is 5.40. The smallest absolute Gasteiger partial charge is 0.399 e. The summed E-state index contributed by atoms with van der Waals surface area (Å²) in [4.78, 5) is 0. The van der Waals surface area contributed by atoms with Gasteiger partial charge in [0, 0.05) is 12.0 Å². The molecule has 0 aliphatic rings. The third-order valence-corrected chi connectivity index (χ3v) is 3.40. The molecule has 2 rings (SSSR count). The molecule has 0 unspecified atom stereocenters. The Kier molecular flexibility index (Phi) is 5.59. The van der Waals surface area contributed by atoms with Gasteiger partial charge in [0.1, 0.15) is 11.6 Å². The number of halogens is 7. The lowest BCUT2D eigenvalue weighted by Gasteiger charge is -2.12. The molecular weight excluding hydrogens is 353 g/mol. The van der Waals surface area contributed by atoms with E-state index in [1.54, 1.807) is 0 Å². The van der Waals surface area contributed by atoms with Crippen molar-refractivity contribution in [2.24, 2.45) is 0 Å². The monoisotopic (exact) mass is 366 g/mol. The van der Waals surface area contributed by atoms with E-state index >= 15 is 0 Å². The first-order valence-electron chi connectivity index (χ1n) is 7.31. The SMILES string of the molecule is CCCc1cc(F)c(Cc2cc(F)c(OC(F)(F)F)c(F)c2)c(F)c1. The van der Waals surface area contributed by atoms with Crippen LogP contribution in [0.25, 0.3) is 0 Å². The van der Waals surface area contributed by atoms with E-state index in [1.807, 2.05) is 6.92 Å². The molecule has 8 heteroatoms. The topological polar surface area (TPSA) is 9.23 Å². The Balaban J connectivity index is 2.33. The van der Waals surface area contributed by atoms with Crippen LogP contribution < -0.4 is 4.74 Å². The molecule has 2 aromatic carbocycles. The van der Waals surface area contributed by atoms with Crippen molar-refractivity contribution >= 4 is 0 Å². The fourth-order valence-corrected chi connectivity index (χ4v) is 2.39. The maximum atomic E-state index is 14.0. The number of ether oxygens (including phenoxy) is 1. The third-order valence-electron chi connectivity index (χ3n) is 3.40. The summed E-state index contributed by atoms with van der Waals surface area (Å²) in [6.45, 7) is 1.83. The average Bonchev–Trinajstić information content (AvgIpc) is 2.46. The van der Waals surface area contributed by atoms with Gasteiger partial charge in [0.15, 0.2) is 11.6 Å². The molecule has 0 aliphatic heterocycles. The van der Waals surface area contributed by atoms with Crippen LogP contribution in [0.5, 0.6) is 5.75 Å². The first-order valence-corrected chi connectivity index (χ1v) is 7.31. The minimum Gasteiger partial charge on any atom is -0.399 e. The summed E-state index contributed by atoms with van der Waals surface area (Å²) in [5.41, 5.74) is -0.221. The summed E-state index contributed by atoms with van der Waals surface area (Å²) < 4.78 is 94.9. The van der Waals surface area contributed by atoms with Gasteiger partial charge in [-0.05, 0) is 41.8 Å². The highest BCUT2D eigenvalue weighted by atomic mass is 19.4. The van der Waals surface area contributed by atoms with Crippen molar-refractivity contribution < 1.29 is 35.5 Å². The minimum absolute atomic E-state index is 0.231. The fourth-order valence-electron chi connectivity index (χ4n) is 2.39. The third kappa shape index (κ3) is 4.87. The molecule has 2 aromatic rings. The van der Waals surface area contributed by atoms with Crippen LogP contribution in [-0.4, -0.2) is 6.36 Å². The Labute approximate surface area is 139 Å². The molecule has 0 atom stereocenters. The highest BCUT2D eigenvalue weighted by Gasteiger charge is 2.34. The van der Waals surface area contributed by atoms with Gasteiger partial charge in [0.2, 0.25) is 5.75 Å². The molecule has 0 spiro atoms. The predicted molar refractivity (Wildman–Crippen MR) is 76.2 cm³/mol. The minimum atomic E-state index is -5.27. The Bertz CT molecular complexity index is 722. The van der Waals surface area contributed by atoms with Gasteiger partial charge < -0.3 is 4.74 Å². The molecule has 0 amide bonds. The molecule has 1 nitrogen and oxygen atoms in total. The van der Waals surface area contributed by atoms with Crippen LogP contribution in [0, 0.1) is 23.3 Å². The second-order valence-electron chi connectivity index (χ2n) is 5.40. The molecule has 0 radical (unpaired) electrons.